The highest BCUT2D eigenvalue weighted by Gasteiger charge is 2.08. The van der Waals surface area contributed by atoms with Crippen molar-refractivity contribution in [3.8, 4) is 17.3 Å². The molecular weight excluding hydrogens is 212 g/mol. The minimum absolute atomic E-state index is 0.224. The van der Waals surface area contributed by atoms with Crippen molar-refractivity contribution < 1.29 is 0 Å². The van der Waals surface area contributed by atoms with Crippen molar-refractivity contribution in [2.75, 3.05) is 6.54 Å². The molecular formula is C13H14N4. The van der Waals surface area contributed by atoms with Crippen LogP contribution in [0.1, 0.15) is 24.2 Å². The van der Waals surface area contributed by atoms with Gasteiger partial charge in [-0.2, -0.15) is 5.26 Å². The second-order valence-electron chi connectivity index (χ2n) is 4.01. The Morgan fingerprint density at radius 1 is 1.41 bits per heavy atom. The van der Waals surface area contributed by atoms with Crippen LogP contribution in [0.15, 0.2) is 30.5 Å². The van der Waals surface area contributed by atoms with Crippen LogP contribution in [0, 0.1) is 11.3 Å². The molecule has 2 aromatic rings. The summed E-state index contributed by atoms with van der Waals surface area (Å²) in [5.74, 6) is 1.12. The minimum Gasteiger partial charge on any atom is -0.342 e. The Morgan fingerprint density at radius 2 is 2.12 bits per heavy atom. The maximum atomic E-state index is 8.72. The molecule has 1 heterocycles. The van der Waals surface area contributed by atoms with E-state index < -0.39 is 0 Å². The Bertz CT molecular complexity index is 533. The zero-order valence-corrected chi connectivity index (χ0v) is 9.64. The van der Waals surface area contributed by atoms with Gasteiger partial charge in [0.15, 0.2) is 0 Å². The number of aromatic nitrogens is 2. The molecule has 0 saturated carbocycles. The van der Waals surface area contributed by atoms with Crippen molar-refractivity contribution in [3.05, 3.63) is 41.9 Å². The number of hydrogen-bond acceptors (Lipinski definition) is 3. The normalized spacial score (nSPS) is 12.1. The van der Waals surface area contributed by atoms with E-state index >= 15 is 0 Å². The first-order chi connectivity index (χ1) is 8.24. The molecule has 86 valence electrons. The van der Waals surface area contributed by atoms with Crippen LogP contribution in [0.4, 0.5) is 0 Å². The Kier molecular flexibility index (Phi) is 3.22. The van der Waals surface area contributed by atoms with Crippen LogP contribution in [0.3, 0.4) is 0 Å². The van der Waals surface area contributed by atoms with Gasteiger partial charge in [0, 0.05) is 12.5 Å². The summed E-state index contributed by atoms with van der Waals surface area (Å²) < 4.78 is 0. The molecule has 0 saturated heterocycles. The molecule has 0 amide bonds. The molecule has 2 rings (SSSR count). The third kappa shape index (κ3) is 2.35. The van der Waals surface area contributed by atoms with E-state index in [-0.39, 0.29) is 5.92 Å². The van der Waals surface area contributed by atoms with Gasteiger partial charge in [-0.15, -0.1) is 0 Å². The quantitative estimate of drug-likeness (QED) is 0.840. The van der Waals surface area contributed by atoms with Gasteiger partial charge in [0.05, 0.1) is 23.5 Å². The zero-order valence-electron chi connectivity index (χ0n) is 9.64. The number of aromatic amines is 1. The van der Waals surface area contributed by atoms with Gasteiger partial charge in [0.2, 0.25) is 0 Å². The van der Waals surface area contributed by atoms with Gasteiger partial charge < -0.3 is 10.7 Å². The predicted molar refractivity (Wildman–Crippen MR) is 66.2 cm³/mol. The maximum absolute atomic E-state index is 8.72. The molecule has 1 unspecified atom stereocenters. The molecule has 0 aliphatic carbocycles. The number of nitrogens with two attached hydrogens (primary N) is 1. The van der Waals surface area contributed by atoms with Crippen LogP contribution in [0.25, 0.3) is 11.3 Å². The lowest BCUT2D eigenvalue weighted by atomic mass is 10.1. The van der Waals surface area contributed by atoms with E-state index in [1.807, 2.05) is 19.1 Å². The average molecular weight is 226 g/mol. The highest BCUT2D eigenvalue weighted by Crippen LogP contribution is 2.19. The summed E-state index contributed by atoms with van der Waals surface area (Å²) in [6.07, 6.45) is 1.79. The predicted octanol–water partition coefficient (Wildman–Crippen LogP) is 2.01. The molecule has 0 aliphatic heterocycles. The lowest BCUT2D eigenvalue weighted by Crippen LogP contribution is -2.10. The second kappa shape index (κ2) is 4.81. The van der Waals surface area contributed by atoms with Crippen molar-refractivity contribution in [3.63, 3.8) is 0 Å². The third-order valence-corrected chi connectivity index (χ3v) is 2.74. The average Bonchev–Trinajstić information content (AvgIpc) is 2.87. The van der Waals surface area contributed by atoms with Gasteiger partial charge in [-0.3, -0.25) is 0 Å². The first kappa shape index (κ1) is 11.4. The topological polar surface area (TPSA) is 78.5 Å². The van der Waals surface area contributed by atoms with E-state index in [0.717, 1.165) is 17.1 Å². The fraction of sp³-hybridized carbons (Fsp3) is 0.231. The molecule has 3 N–H and O–H groups in total. The largest absolute Gasteiger partial charge is 0.342 e. The standard InChI is InChI=1S/C13H14N4/c1-9(6-14)13-16-8-12(17-13)11-4-2-10(7-15)3-5-11/h2-5,8-9H,6,14H2,1H3,(H,16,17). The molecule has 1 aromatic carbocycles. The van der Waals surface area contributed by atoms with Gasteiger partial charge in [-0.05, 0) is 17.7 Å². The zero-order chi connectivity index (χ0) is 12.3. The Balaban J connectivity index is 2.28. The molecule has 4 heteroatoms. The van der Waals surface area contributed by atoms with Gasteiger partial charge >= 0.3 is 0 Å². The molecule has 4 nitrogen and oxygen atoms in total. The number of hydrogen-bond donors (Lipinski definition) is 2. The van der Waals surface area contributed by atoms with Gasteiger partial charge in [-0.25, -0.2) is 4.98 Å². The summed E-state index contributed by atoms with van der Waals surface area (Å²) in [6.45, 7) is 2.60. The van der Waals surface area contributed by atoms with Crippen molar-refractivity contribution in [2.24, 2.45) is 5.73 Å². The van der Waals surface area contributed by atoms with Crippen molar-refractivity contribution in [1.29, 1.82) is 5.26 Å². The summed E-state index contributed by atoms with van der Waals surface area (Å²) >= 11 is 0. The lowest BCUT2D eigenvalue weighted by Gasteiger charge is -2.03. The van der Waals surface area contributed by atoms with Gasteiger partial charge in [-0.1, -0.05) is 19.1 Å². The molecule has 0 aliphatic rings. The summed E-state index contributed by atoms with van der Waals surface area (Å²) in [7, 11) is 0. The SMILES string of the molecule is CC(CN)c1ncc(-c2ccc(C#N)cc2)[nH]1. The molecule has 17 heavy (non-hydrogen) atoms. The fourth-order valence-corrected chi connectivity index (χ4v) is 1.57. The van der Waals surface area contributed by atoms with E-state index in [0.29, 0.717) is 12.1 Å². The van der Waals surface area contributed by atoms with Crippen LogP contribution < -0.4 is 5.73 Å². The van der Waals surface area contributed by atoms with Crippen LogP contribution >= 0.6 is 0 Å². The third-order valence-electron chi connectivity index (χ3n) is 2.74. The van der Waals surface area contributed by atoms with E-state index in [1.165, 1.54) is 0 Å². The molecule has 1 atom stereocenters. The lowest BCUT2D eigenvalue weighted by molar-refractivity contribution is 0.725. The summed E-state index contributed by atoms with van der Waals surface area (Å²) in [5, 5.41) is 8.72. The van der Waals surface area contributed by atoms with Gasteiger partial charge in [0.25, 0.3) is 0 Å². The summed E-state index contributed by atoms with van der Waals surface area (Å²) in [6, 6.07) is 9.49. The molecule has 0 fully saturated rings. The molecule has 0 spiro atoms. The Hall–Kier alpha value is -2.12. The number of rotatable bonds is 3. The van der Waals surface area contributed by atoms with Crippen LogP contribution in [0.2, 0.25) is 0 Å². The van der Waals surface area contributed by atoms with Gasteiger partial charge in [0.1, 0.15) is 5.82 Å². The number of imidazole rings is 1. The van der Waals surface area contributed by atoms with Crippen LogP contribution in [-0.4, -0.2) is 16.5 Å². The number of nitrogens with zero attached hydrogens (tertiary/aromatic N) is 2. The van der Waals surface area contributed by atoms with E-state index in [9.17, 15) is 0 Å². The minimum atomic E-state index is 0.224. The molecule has 0 radical (unpaired) electrons. The van der Waals surface area contributed by atoms with E-state index in [1.54, 1.807) is 18.3 Å². The van der Waals surface area contributed by atoms with Crippen LogP contribution in [-0.2, 0) is 0 Å². The summed E-state index contributed by atoms with van der Waals surface area (Å²) in [5.41, 5.74) is 8.22. The Morgan fingerprint density at radius 3 is 2.71 bits per heavy atom. The Labute approximate surface area is 100 Å². The van der Waals surface area contributed by atoms with Crippen molar-refractivity contribution in [2.45, 2.75) is 12.8 Å². The molecule has 0 bridgehead atoms. The maximum Gasteiger partial charge on any atom is 0.110 e. The van der Waals surface area contributed by atoms with Crippen LogP contribution in [0.5, 0.6) is 0 Å². The smallest absolute Gasteiger partial charge is 0.110 e. The van der Waals surface area contributed by atoms with E-state index in [2.05, 4.69) is 16.0 Å². The second-order valence-corrected chi connectivity index (χ2v) is 4.01. The highest BCUT2D eigenvalue weighted by molar-refractivity contribution is 5.59. The number of nitriles is 1. The van der Waals surface area contributed by atoms with Crippen molar-refractivity contribution in [1.82, 2.24) is 9.97 Å². The summed E-state index contributed by atoms with van der Waals surface area (Å²) in [4.78, 5) is 7.55. The number of nitrogens with one attached hydrogen (secondary N) is 1. The first-order valence-corrected chi connectivity index (χ1v) is 5.50. The molecule has 1 aromatic heterocycles. The highest BCUT2D eigenvalue weighted by atomic mass is 14.9. The first-order valence-electron chi connectivity index (χ1n) is 5.50. The number of benzene rings is 1. The monoisotopic (exact) mass is 226 g/mol. The van der Waals surface area contributed by atoms with Crippen molar-refractivity contribution >= 4 is 0 Å². The number of H-pyrrole nitrogens is 1. The fourth-order valence-electron chi connectivity index (χ4n) is 1.57. The van der Waals surface area contributed by atoms with E-state index in [4.69, 9.17) is 11.0 Å².